The molecule has 0 saturated heterocycles. The minimum Gasteiger partial charge on any atom is -0.0591 e. The van der Waals surface area contributed by atoms with E-state index >= 15 is 0 Å². The van der Waals surface area contributed by atoms with Crippen molar-refractivity contribution < 1.29 is 0 Å². The minimum atomic E-state index is 0.565. The van der Waals surface area contributed by atoms with Crippen LogP contribution in [0.5, 0.6) is 0 Å². The molecular formula is C22H38. The quantitative estimate of drug-likeness (QED) is 0.524. The molecule has 4 rings (SSSR count). The summed E-state index contributed by atoms with van der Waals surface area (Å²) in [6, 6.07) is 0. The maximum atomic E-state index is 2.68. The molecule has 0 aliphatic heterocycles. The van der Waals surface area contributed by atoms with Crippen LogP contribution in [0.15, 0.2) is 0 Å². The number of hydrogen-bond donors (Lipinski definition) is 0. The summed E-state index contributed by atoms with van der Waals surface area (Å²) in [6.45, 7) is 8.02. The number of hydrogen-bond acceptors (Lipinski definition) is 0. The second kappa shape index (κ2) is 5.52. The van der Waals surface area contributed by atoms with Crippen molar-refractivity contribution in [2.45, 2.75) is 97.8 Å². The van der Waals surface area contributed by atoms with Gasteiger partial charge in [0.25, 0.3) is 0 Å². The zero-order valence-corrected chi connectivity index (χ0v) is 15.4. The first-order valence-electron chi connectivity index (χ1n) is 10.5. The average Bonchev–Trinajstić information content (AvgIpc) is 2.94. The van der Waals surface area contributed by atoms with Crippen molar-refractivity contribution in [2.24, 2.45) is 40.4 Å². The van der Waals surface area contributed by atoms with Crippen molar-refractivity contribution in [1.29, 1.82) is 0 Å². The van der Waals surface area contributed by atoms with Crippen LogP contribution in [0.2, 0.25) is 0 Å². The van der Waals surface area contributed by atoms with Gasteiger partial charge in [-0.2, -0.15) is 0 Å². The average molecular weight is 303 g/mol. The third kappa shape index (κ3) is 2.22. The molecule has 22 heavy (non-hydrogen) atoms. The van der Waals surface area contributed by atoms with Crippen LogP contribution in [0, 0.1) is 40.4 Å². The Morgan fingerprint density at radius 2 is 1.36 bits per heavy atom. The maximum absolute atomic E-state index is 2.68. The SMILES string of the molecule is CC1(C(C)(C)C2CCC3CCCC4CCC2C43)CCCCC1. The molecule has 4 aliphatic carbocycles. The van der Waals surface area contributed by atoms with Gasteiger partial charge in [0.2, 0.25) is 0 Å². The summed E-state index contributed by atoms with van der Waals surface area (Å²) in [6.07, 6.45) is 18.5. The molecule has 0 bridgehead atoms. The lowest BCUT2D eigenvalue weighted by Crippen LogP contribution is -2.49. The topological polar surface area (TPSA) is 0 Å². The van der Waals surface area contributed by atoms with Gasteiger partial charge in [-0.15, -0.1) is 0 Å². The fraction of sp³-hybridized carbons (Fsp3) is 1.00. The molecule has 0 radical (unpaired) electrons. The molecule has 0 heterocycles. The van der Waals surface area contributed by atoms with Crippen LogP contribution in [0.3, 0.4) is 0 Å². The van der Waals surface area contributed by atoms with Gasteiger partial charge >= 0.3 is 0 Å². The van der Waals surface area contributed by atoms with E-state index in [1.165, 1.54) is 32.1 Å². The van der Waals surface area contributed by atoms with Crippen molar-refractivity contribution in [3.8, 4) is 0 Å². The highest BCUT2D eigenvalue weighted by Gasteiger charge is 2.55. The zero-order chi connectivity index (χ0) is 15.4. The van der Waals surface area contributed by atoms with Crippen molar-refractivity contribution >= 4 is 0 Å². The highest BCUT2D eigenvalue weighted by atomic mass is 14.6. The predicted octanol–water partition coefficient (Wildman–Crippen LogP) is 6.84. The molecule has 0 amide bonds. The molecule has 5 atom stereocenters. The molecule has 0 heteroatoms. The van der Waals surface area contributed by atoms with Crippen LogP contribution < -0.4 is 0 Å². The molecule has 0 nitrogen and oxygen atoms in total. The second-order valence-electron chi connectivity index (χ2n) is 10.3. The molecule has 0 N–H and O–H groups in total. The molecule has 4 fully saturated rings. The summed E-state index contributed by atoms with van der Waals surface area (Å²) in [4.78, 5) is 0. The van der Waals surface area contributed by atoms with Crippen molar-refractivity contribution in [2.75, 3.05) is 0 Å². The van der Waals surface area contributed by atoms with E-state index in [4.69, 9.17) is 0 Å². The summed E-state index contributed by atoms with van der Waals surface area (Å²) in [7, 11) is 0. The van der Waals surface area contributed by atoms with E-state index in [9.17, 15) is 0 Å². The first-order valence-corrected chi connectivity index (χ1v) is 10.5. The molecule has 126 valence electrons. The smallest absolute Gasteiger partial charge is 0.0269 e. The largest absolute Gasteiger partial charge is 0.0591 e. The van der Waals surface area contributed by atoms with Gasteiger partial charge in [-0.3, -0.25) is 0 Å². The Balaban J connectivity index is 1.59. The Labute approximate surface area is 138 Å². The zero-order valence-electron chi connectivity index (χ0n) is 15.4. The molecule has 0 aromatic rings. The summed E-state index contributed by atoms with van der Waals surface area (Å²) >= 11 is 0. The Morgan fingerprint density at radius 3 is 2.05 bits per heavy atom. The maximum Gasteiger partial charge on any atom is -0.0269 e. The molecule has 0 aromatic carbocycles. The van der Waals surface area contributed by atoms with Crippen LogP contribution in [-0.2, 0) is 0 Å². The van der Waals surface area contributed by atoms with Crippen LogP contribution >= 0.6 is 0 Å². The summed E-state index contributed by atoms with van der Waals surface area (Å²) in [5.41, 5.74) is 1.19. The summed E-state index contributed by atoms with van der Waals surface area (Å²) < 4.78 is 0. The van der Waals surface area contributed by atoms with E-state index in [1.54, 1.807) is 44.9 Å². The Kier molecular flexibility index (Phi) is 3.90. The molecule has 4 aliphatic rings. The highest BCUT2D eigenvalue weighted by Crippen LogP contribution is 2.64. The monoisotopic (exact) mass is 302 g/mol. The van der Waals surface area contributed by atoms with Crippen molar-refractivity contribution in [3.05, 3.63) is 0 Å². The van der Waals surface area contributed by atoms with E-state index in [2.05, 4.69) is 20.8 Å². The lowest BCUT2D eigenvalue weighted by Gasteiger charge is -2.57. The number of rotatable bonds is 2. The molecule has 5 unspecified atom stereocenters. The standard InChI is InChI=1S/C22H38/c1-21(2,22(3)14-5-4-6-15-22)19-13-11-17-9-7-8-16-10-12-18(19)20(16)17/h16-20H,4-15H2,1-3H3. The first kappa shape index (κ1) is 15.5. The van der Waals surface area contributed by atoms with Gasteiger partial charge in [-0.25, -0.2) is 0 Å². The van der Waals surface area contributed by atoms with E-state index in [0.717, 1.165) is 29.6 Å². The minimum absolute atomic E-state index is 0.565. The van der Waals surface area contributed by atoms with Gasteiger partial charge in [0.15, 0.2) is 0 Å². The Bertz CT molecular complexity index is 400. The lowest BCUT2D eigenvalue weighted by molar-refractivity contribution is -0.0769. The third-order valence-corrected chi connectivity index (χ3v) is 9.41. The van der Waals surface area contributed by atoms with Crippen molar-refractivity contribution in [3.63, 3.8) is 0 Å². The van der Waals surface area contributed by atoms with Gasteiger partial charge in [-0.05, 0) is 78.9 Å². The summed E-state index contributed by atoms with van der Waals surface area (Å²) in [5, 5.41) is 0. The van der Waals surface area contributed by atoms with E-state index in [0.29, 0.717) is 10.8 Å². The molecule has 0 spiro atoms. The Hall–Kier alpha value is 0. The van der Waals surface area contributed by atoms with Crippen LogP contribution in [-0.4, -0.2) is 0 Å². The van der Waals surface area contributed by atoms with E-state index in [-0.39, 0.29) is 0 Å². The van der Waals surface area contributed by atoms with E-state index in [1.807, 2.05) is 0 Å². The second-order valence-corrected chi connectivity index (χ2v) is 10.3. The fourth-order valence-corrected chi connectivity index (χ4v) is 7.78. The van der Waals surface area contributed by atoms with Gasteiger partial charge in [0.1, 0.15) is 0 Å². The molecule has 4 saturated carbocycles. The van der Waals surface area contributed by atoms with E-state index < -0.39 is 0 Å². The third-order valence-electron chi connectivity index (χ3n) is 9.41. The molecule has 0 aromatic heterocycles. The predicted molar refractivity (Wildman–Crippen MR) is 94.7 cm³/mol. The molecular weight excluding hydrogens is 264 g/mol. The van der Waals surface area contributed by atoms with Gasteiger partial charge in [0.05, 0.1) is 0 Å². The van der Waals surface area contributed by atoms with Crippen molar-refractivity contribution in [1.82, 2.24) is 0 Å². The Morgan fingerprint density at radius 1 is 0.727 bits per heavy atom. The van der Waals surface area contributed by atoms with Crippen LogP contribution in [0.1, 0.15) is 97.8 Å². The van der Waals surface area contributed by atoms with Gasteiger partial charge < -0.3 is 0 Å². The first-order chi connectivity index (χ1) is 10.5. The van der Waals surface area contributed by atoms with Gasteiger partial charge in [0, 0.05) is 0 Å². The normalized spacial score (nSPS) is 44.6. The van der Waals surface area contributed by atoms with Gasteiger partial charge in [-0.1, -0.05) is 59.3 Å². The van der Waals surface area contributed by atoms with Crippen LogP contribution in [0.4, 0.5) is 0 Å². The highest BCUT2D eigenvalue weighted by molar-refractivity contribution is 5.05. The summed E-state index contributed by atoms with van der Waals surface area (Å²) in [5.74, 6) is 5.51. The van der Waals surface area contributed by atoms with Crippen LogP contribution in [0.25, 0.3) is 0 Å². The lowest BCUT2D eigenvalue weighted by atomic mass is 9.48. The fourth-order valence-electron chi connectivity index (χ4n) is 7.78.